The Kier molecular flexibility index (Phi) is 3.36. The summed E-state index contributed by atoms with van der Waals surface area (Å²) in [5, 5.41) is 9.02. The highest BCUT2D eigenvalue weighted by atomic mass is 32.2. The molecule has 0 atom stereocenters. The smallest absolute Gasteiger partial charge is 0.324 e. The Hall–Kier alpha value is -0.620. The van der Waals surface area contributed by atoms with Crippen LogP contribution in [0.15, 0.2) is 0 Å². The molecule has 0 aliphatic heterocycles. The zero-order valence-corrected chi connectivity index (χ0v) is 10.7. The summed E-state index contributed by atoms with van der Waals surface area (Å²) in [6, 6.07) is 0. The molecule has 16 heavy (non-hydrogen) atoms. The summed E-state index contributed by atoms with van der Waals surface area (Å²) in [5.41, 5.74) is -1.63. The lowest BCUT2D eigenvalue weighted by molar-refractivity contribution is -0.147. The lowest BCUT2D eigenvalue weighted by Crippen LogP contribution is -2.59. The number of rotatable bonds is 4. The summed E-state index contributed by atoms with van der Waals surface area (Å²) < 4.78 is 25.9. The van der Waals surface area contributed by atoms with Crippen molar-refractivity contribution in [3.8, 4) is 0 Å². The van der Waals surface area contributed by atoms with Gasteiger partial charge in [-0.3, -0.25) is 4.79 Å². The van der Waals surface area contributed by atoms with E-state index in [4.69, 9.17) is 5.11 Å². The third-order valence-electron chi connectivity index (χ3n) is 2.59. The molecule has 1 aliphatic rings. The minimum absolute atomic E-state index is 0.0605. The molecule has 0 saturated heterocycles. The van der Waals surface area contributed by atoms with Gasteiger partial charge in [0.2, 0.25) is 10.0 Å². The van der Waals surface area contributed by atoms with Gasteiger partial charge in [-0.25, -0.2) is 8.42 Å². The molecule has 94 valence electrons. The first kappa shape index (κ1) is 13.4. The number of nitrogens with one attached hydrogen (secondary N) is 1. The van der Waals surface area contributed by atoms with Gasteiger partial charge in [0.15, 0.2) is 0 Å². The maximum atomic E-state index is 11.8. The summed E-state index contributed by atoms with van der Waals surface area (Å²) >= 11 is 0. The van der Waals surface area contributed by atoms with E-state index in [0.29, 0.717) is 12.8 Å². The lowest BCUT2D eigenvalue weighted by atomic mass is 9.78. The fraction of sp³-hybridized carbons (Fsp3) is 0.900. The van der Waals surface area contributed by atoms with E-state index in [1.807, 2.05) is 0 Å². The summed E-state index contributed by atoms with van der Waals surface area (Å²) in [6.45, 7) is 5.42. The van der Waals surface area contributed by atoms with E-state index in [9.17, 15) is 13.2 Å². The number of carbonyl (C=O) groups is 1. The van der Waals surface area contributed by atoms with Crippen molar-refractivity contribution in [1.29, 1.82) is 0 Å². The van der Waals surface area contributed by atoms with Gasteiger partial charge < -0.3 is 5.11 Å². The second-order valence-electron chi connectivity index (χ2n) is 5.66. The summed E-state index contributed by atoms with van der Waals surface area (Å²) in [6.07, 6.45) is 1.52. The number of carboxylic acid groups (broad SMARTS) is 1. The van der Waals surface area contributed by atoms with Crippen LogP contribution in [-0.4, -0.2) is 30.8 Å². The van der Waals surface area contributed by atoms with Crippen LogP contribution in [0.25, 0.3) is 0 Å². The molecule has 1 fully saturated rings. The Morgan fingerprint density at radius 3 is 2.12 bits per heavy atom. The Bertz CT molecular complexity index is 376. The molecule has 0 aromatic heterocycles. The van der Waals surface area contributed by atoms with Crippen LogP contribution in [0.1, 0.15) is 40.0 Å². The molecule has 1 saturated carbocycles. The Morgan fingerprint density at radius 1 is 1.38 bits per heavy atom. The average molecular weight is 249 g/mol. The number of aliphatic carboxylic acids is 1. The van der Waals surface area contributed by atoms with E-state index in [-0.39, 0.29) is 11.2 Å². The Morgan fingerprint density at radius 2 is 1.88 bits per heavy atom. The molecular formula is C10H19NO4S. The summed E-state index contributed by atoms with van der Waals surface area (Å²) in [5.74, 6) is -1.13. The van der Waals surface area contributed by atoms with E-state index in [2.05, 4.69) is 4.72 Å². The molecule has 2 N–H and O–H groups in total. The molecule has 0 heterocycles. The van der Waals surface area contributed by atoms with Crippen molar-refractivity contribution in [3.63, 3.8) is 0 Å². The van der Waals surface area contributed by atoms with Crippen LogP contribution in [0, 0.1) is 5.41 Å². The Labute approximate surface area is 96.3 Å². The summed E-state index contributed by atoms with van der Waals surface area (Å²) in [7, 11) is -3.53. The second-order valence-corrected chi connectivity index (χ2v) is 7.38. The topological polar surface area (TPSA) is 83.5 Å². The first-order valence-corrected chi connectivity index (χ1v) is 6.97. The predicted molar refractivity (Wildman–Crippen MR) is 60.6 cm³/mol. The van der Waals surface area contributed by atoms with Crippen molar-refractivity contribution in [2.24, 2.45) is 5.41 Å². The van der Waals surface area contributed by atoms with Crippen molar-refractivity contribution in [3.05, 3.63) is 0 Å². The fourth-order valence-electron chi connectivity index (χ4n) is 1.79. The molecule has 1 rings (SSSR count). The van der Waals surface area contributed by atoms with Crippen molar-refractivity contribution in [2.45, 2.75) is 45.6 Å². The van der Waals surface area contributed by atoms with Gasteiger partial charge in [0.05, 0.1) is 5.75 Å². The van der Waals surface area contributed by atoms with Crippen LogP contribution in [0.3, 0.4) is 0 Å². The maximum absolute atomic E-state index is 11.8. The lowest BCUT2D eigenvalue weighted by Gasteiger charge is -2.38. The largest absolute Gasteiger partial charge is 0.480 e. The van der Waals surface area contributed by atoms with Gasteiger partial charge >= 0.3 is 5.97 Å². The van der Waals surface area contributed by atoms with Crippen LogP contribution in [0.4, 0.5) is 0 Å². The molecule has 0 amide bonds. The molecule has 5 nitrogen and oxygen atoms in total. The van der Waals surface area contributed by atoms with Crippen molar-refractivity contribution >= 4 is 16.0 Å². The molecule has 0 unspecified atom stereocenters. The molecule has 6 heteroatoms. The fourth-order valence-corrected chi connectivity index (χ4v) is 3.89. The molecule has 0 spiro atoms. The van der Waals surface area contributed by atoms with Gasteiger partial charge in [-0.1, -0.05) is 20.8 Å². The SMILES string of the molecule is CC(C)(C)CS(=O)(=O)NC1(C(=O)O)CCC1. The van der Waals surface area contributed by atoms with Gasteiger partial charge in [-0.2, -0.15) is 4.72 Å². The van der Waals surface area contributed by atoms with Crippen molar-refractivity contribution in [2.75, 3.05) is 5.75 Å². The third kappa shape index (κ3) is 3.18. The second kappa shape index (κ2) is 4.00. The standard InChI is InChI=1S/C10H19NO4S/c1-9(2,3)7-16(14,15)11-10(8(12)13)5-4-6-10/h11H,4-7H2,1-3H3,(H,12,13). The van der Waals surface area contributed by atoms with Gasteiger partial charge in [0.1, 0.15) is 5.54 Å². The van der Waals surface area contributed by atoms with Gasteiger partial charge in [0, 0.05) is 0 Å². The van der Waals surface area contributed by atoms with E-state index in [0.717, 1.165) is 6.42 Å². The molecule has 0 radical (unpaired) electrons. The van der Waals surface area contributed by atoms with E-state index >= 15 is 0 Å². The zero-order valence-electron chi connectivity index (χ0n) is 9.91. The van der Waals surface area contributed by atoms with Gasteiger partial charge in [-0.05, 0) is 24.7 Å². The third-order valence-corrected chi connectivity index (χ3v) is 4.54. The van der Waals surface area contributed by atoms with E-state index < -0.39 is 21.5 Å². The monoisotopic (exact) mass is 249 g/mol. The Balaban J connectivity index is 2.76. The van der Waals surface area contributed by atoms with Gasteiger partial charge in [-0.15, -0.1) is 0 Å². The van der Waals surface area contributed by atoms with Crippen LogP contribution in [0.5, 0.6) is 0 Å². The quantitative estimate of drug-likeness (QED) is 0.777. The molecule has 0 aromatic rings. The number of sulfonamides is 1. The van der Waals surface area contributed by atoms with Crippen molar-refractivity contribution in [1.82, 2.24) is 4.72 Å². The molecule has 1 aliphatic carbocycles. The molecule has 0 bridgehead atoms. The highest BCUT2D eigenvalue weighted by Gasteiger charge is 2.47. The van der Waals surface area contributed by atoms with Crippen LogP contribution in [0.2, 0.25) is 0 Å². The first-order chi connectivity index (χ1) is 7.06. The predicted octanol–water partition coefficient (Wildman–Crippen LogP) is 0.959. The maximum Gasteiger partial charge on any atom is 0.324 e. The number of hydrogen-bond donors (Lipinski definition) is 2. The van der Waals surface area contributed by atoms with E-state index in [1.54, 1.807) is 20.8 Å². The highest BCUT2D eigenvalue weighted by molar-refractivity contribution is 7.89. The van der Waals surface area contributed by atoms with E-state index in [1.165, 1.54) is 0 Å². The number of carboxylic acids is 1. The van der Waals surface area contributed by atoms with Gasteiger partial charge in [0.25, 0.3) is 0 Å². The van der Waals surface area contributed by atoms with Crippen molar-refractivity contribution < 1.29 is 18.3 Å². The summed E-state index contributed by atoms with van der Waals surface area (Å²) in [4.78, 5) is 11.0. The minimum Gasteiger partial charge on any atom is -0.480 e. The normalized spacial score (nSPS) is 20.2. The zero-order chi connectivity index (χ0) is 12.6. The van der Waals surface area contributed by atoms with Crippen LogP contribution >= 0.6 is 0 Å². The van der Waals surface area contributed by atoms with Crippen LogP contribution in [-0.2, 0) is 14.8 Å². The first-order valence-electron chi connectivity index (χ1n) is 5.31. The molecular weight excluding hydrogens is 230 g/mol. The highest BCUT2D eigenvalue weighted by Crippen LogP contribution is 2.33. The number of hydrogen-bond acceptors (Lipinski definition) is 3. The van der Waals surface area contributed by atoms with Crippen LogP contribution < -0.4 is 4.72 Å². The average Bonchev–Trinajstić information content (AvgIpc) is 1.90. The minimum atomic E-state index is -3.53. The molecule has 0 aromatic carbocycles.